The Morgan fingerprint density at radius 2 is 2.00 bits per heavy atom. The highest BCUT2D eigenvalue weighted by Crippen LogP contribution is 2.34. The third-order valence-electron chi connectivity index (χ3n) is 4.59. The van der Waals surface area contributed by atoms with Crippen LogP contribution in [-0.2, 0) is 5.54 Å². The Kier molecular flexibility index (Phi) is 4.16. The number of nitrogens with two attached hydrogens (primary N) is 1. The fraction of sp³-hybridized carbons (Fsp3) is 0.211. The molecule has 4 N–H and O–H groups in total. The van der Waals surface area contributed by atoms with Gasteiger partial charge in [0.1, 0.15) is 0 Å². The van der Waals surface area contributed by atoms with Gasteiger partial charge in [-0.05, 0) is 43.2 Å². The summed E-state index contributed by atoms with van der Waals surface area (Å²) < 4.78 is 0. The number of nitrogens with zero attached hydrogens (tertiary/aromatic N) is 2. The number of benzene rings is 2. The van der Waals surface area contributed by atoms with E-state index >= 15 is 0 Å². The van der Waals surface area contributed by atoms with Crippen LogP contribution in [-0.4, -0.2) is 26.8 Å². The van der Waals surface area contributed by atoms with E-state index in [2.05, 4.69) is 27.2 Å². The van der Waals surface area contributed by atoms with Crippen molar-refractivity contribution in [2.75, 3.05) is 11.1 Å². The summed E-state index contributed by atoms with van der Waals surface area (Å²) in [6.07, 6.45) is 0.920. The summed E-state index contributed by atoms with van der Waals surface area (Å²) in [6.45, 7) is 2.07. The van der Waals surface area contributed by atoms with Crippen molar-refractivity contribution in [3.63, 3.8) is 0 Å². The minimum Gasteiger partial charge on any atom is -0.379 e. The predicted octanol–water partition coefficient (Wildman–Crippen LogP) is 3.48. The van der Waals surface area contributed by atoms with Crippen molar-refractivity contribution in [1.29, 1.82) is 0 Å². The molecule has 2 heterocycles. The molecule has 6 nitrogen and oxygen atoms in total. The maximum atomic E-state index is 12.5. The van der Waals surface area contributed by atoms with Gasteiger partial charge >= 0.3 is 0 Å². The first-order valence-corrected chi connectivity index (χ1v) is 9.37. The number of amides is 1. The number of aliphatic imine (C=N–C) groups is 1. The van der Waals surface area contributed by atoms with Crippen molar-refractivity contribution in [2.45, 2.75) is 18.9 Å². The smallest absolute Gasteiger partial charge is 0.257 e. The van der Waals surface area contributed by atoms with Crippen molar-refractivity contribution >= 4 is 39.8 Å². The molecule has 4 rings (SSSR count). The van der Waals surface area contributed by atoms with Crippen LogP contribution >= 0.6 is 11.8 Å². The van der Waals surface area contributed by atoms with Gasteiger partial charge in [-0.1, -0.05) is 36.0 Å². The number of fused-ring (bicyclic) bond motifs is 1. The number of carbonyl (C=O) groups is 1. The molecular formula is C19H19N5OS. The molecule has 26 heavy (non-hydrogen) atoms. The van der Waals surface area contributed by atoms with Crippen molar-refractivity contribution < 1.29 is 4.79 Å². The topological polar surface area (TPSA) is 96.2 Å². The normalized spacial score (nSPS) is 20.0. The number of aromatic amines is 1. The van der Waals surface area contributed by atoms with Crippen molar-refractivity contribution in [1.82, 2.24) is 9.97 Å². The second kappa shape index (κ2) is 6.49. The fourth-order valence-corrected chi connectivity index (χ4v) is 4.04. The SMILES string of the molecule is CC1(c2ccc(C(=O)Nc3nc4ccccc4[nH]3)cc2)CCSC(N)=N1. The molecule has 132 valence electrons. The third-order valence-corrected chi connectivity index (χ3v) is 5.38. The summed E-state index contributed by atoms with van der Waals surface area (Å²) in [4.78, 5) is 24.5. The van der Waals surface area contributed by atoms with Crippen molar-refractivity contribution in [2.24, 2.45) is 10.7 Å². The zero-order chi connectivity index (χ0) is 18.1. The minimum atomic E-state index is -0.330. The average molecular weight is 365 g/mol. The van der Waals surface area contributed by atoms with Crippen LogP contribution in [0.15, 0.2) is 53.5 Å². The number of para-hydroxylation sites is 2. The second-order valence-corrected chi connectivity index (χ2v) is 7.57. The Labute approximate surface area is 155 Å². The summed E-state index contributed by atoms with van der Waals surface area (Å²) in [5.74, 6) is 1.18. The van der Waals surface area contributed by atoms with Gasteiger partial charge in [-0.2, -0.15) is 0 Å². The zero-order valence-electron chi connectivity index (χ0n) is 14.3. The molecule has 1 atom stereocenters. The quantitative estimate of drug-likeness (QED) is 0.662. The first kappa shape index (κ1) is 16.7. The van der Waals surface area contributed by atoms with E-state index < -0.39 is 0 Å². The molecule has 0 spiro atoms. The van der Waals surface area contributed by atoms with E-state index in [1.165, 1.54) is 0 Å². The van der Waals surface area contributed by atoms with Gasteiger partial charge in [0, 0.05) is 11.3 Å². The van der Waals surface area contributed by atoms with Crippen molar-refractivity contribution in [3.05, 3.63) is 59.7 Å². The lowest BCUT2D eigenvalue weighted by molar-refractivity contribution is 0.102. The Bertz CT molecular complexity index is 962. The Balaban J connectivity index is 1.53. The number of nitrogens with one attached hydrogen (secondary N) is 2. The van der Waals surface area contributed by atoms with E-state index in [-0.39, 0.29) is 11.4 Å². The first-order chi connectivity index (χ1) is 12.5. The molecule has 0 aliphatic carbocycles. The molecule has 0 saturated heterocycles. The van der Waals surface area contributed by atoms with Gasteiger partial charge in [-0.25, -0.2) is 4.98 Å². The Morgan fingerprint density at radius 3 is 2.73 bits per heavy atom. The molecule has 1 aliphatic rings. The highest BCUT2D eigenvalue weighted by Gasteiger charge is 2.29. The highest BCUT2D eigenvalue weighted by atomic mass is 32.2. The molecule has 1 unspecified atom stereocenters. The lowest BCUT2D eigenvalue weighted by Crippen LogP contribution is -2.28. The summed E-state index contributed by atoms with van der Waals surface area (Å²) in [5.41, 5.74) is 8.88. The number of amidine groups is 1. The van der Waals surface area contributed by atoms with E-state index in [1.54, 1.807) is 11.8 Å². The zero-order valence-corrected chi connectivity index (χ0v) is 15.1. The standard InChI is InChI=1S/C19H19N5OS/c1-19(10-11-26-17(20)24-19)13-8-6-12(7-9-13)16(25)23-18-21-14-4-2-3-5-15(14)22-18/h2-9H,10-11H2,1H3,(H2,20,24)(H2,21,22,23,25). The molecule has 2 aromatic carbocycles. The Morgan fingerprint density at radius 1 is 1.23 bits per heavy atom. The van der Waals surface area contributed by atoms with E-state index in [1.807, 2.05) is 48.5 Å². The molecule has 3 aromatic rings. The van der Waals surface area contributed by atoms with Crippen LogP contribution in [0.4, 0.5) is 5.95 Å². The van der Waals surface area contributed by atoms with Crippen LogP contribution in [0.2, 0.25) is 0 Å². The summed E-state index contributed by atoms with van der Waals surface area (Å²) in [5, 5.41) is 3.42. The number of hydrogen-bond acceptors (Lipinski definition) is 5. The van der Waals surface area contributed by atoms with Gasteiger partial charge in [0.15, 0.2) is 5.17 Å². The highest BCUT2D eigenvalue weighted by molar-refractivity contribution is 8.13. The first-order valence-electron chi connectivity index (χ1n) is 8.38. The maximum Gasteiger partial charge on any atom is 0.257 e. The molecule has 0 saturated carbocycles. The van der Waals surface area contributed by atoms with Crippen molar-refractivity contribution in [3.8, 4) is 0 Å². The number of aromatic nitrogens is 2. The fourth-order valence-electron chi connectivity index (χ4n) is 3.07. The molecule has 0 fully saturated rings. The number of imidazole rings is 1. The van der Waals surface area contributed by atoms with Gasteiger partial charge in [0.05, 0.1) is 16.6 Å². The minimum absolute atomic E-state index is 0.206. The molecule has 0 bridgehead atoms. The van der Waals surface area contributed by atoms with Crippen LogP contribution < -0.4 is 11.1 Å². The van der Waals surface area contributed by atoms with Crippen LogP contribution in [0.25, 0.3) is 11.0 Å². The molecule has 1 amide bonds. The number of anilines is 1. The van der Waals surface area contributed by atoms with E-state index in [0.29, 0.717) is 16.7 Å². The lowest BCUT2D eigenvalue weighted by atomic mass is 9.89. The maximum absolute atomic E-state index is 12.5. The van der Waals surface area contributed by atoms with Gasteiger partial charge < -0.3 is 10.7 Å². The number of rotatable bonds is 3. The monoisotopic (exact) mass is 365 g/mol. The second-order valence-electron chi connectivity index (χ2n) is 6.46. The average Bonchev–Trinajstić information content (AvgIpc) is 3.04. The molecule has 1 aliphatic heterocycles. The summed E-state index contributed by atoms with van der Waals surface area (Å²) in [6, 6.07) is 15.2. The molecule has 0 radical (unpaired) electrons. The number of carbonyl (C=O) groups excluding carboxylic acids is 1. The largest absolute Gasteiger partial charge is 0.379 e. The number of H-pyrrole nitrogens is 1. The van der Waals surface area contributed by atoms with E-state index in [9.17, 15) is 4.79 Å². The number of thioether (sulfide) groups is 1. The summed E-state index contributed by atoms with van der Waals surface area (Å²) >= 11 is 1.58. The van der Waals surface area contributed by atoms with Gasteiger partial charge in [-0.15, -0.1) is 0 Å². The third kappa shape index (κ3) is 3.17. The van der Waals surface area contributed by atoms with Crippen LogP contribution in [0.3, 0.4) is 0 Å². The van der Waals surface area contributed by atoms with E-state index in [4.69, 9.17) is 5.73 Å². The van der Waals surface area contributed by atoms with Crippen LogP contribution in [0, 0.1) is 0 Å². The van der Waals surface area contributed by atoms with Crippen LogP contribution in [0.5, 0.6) is 0 Å². The molecular weight excluding hydrogens is 346 g/mol. The number of hydrogen-bond donors (Lipinski definition) is 3. The predicted molar refractivity (Wildman–Crippen MR) is 107 cm³/mol. The molecule has 7 heteroatoms. The Hall–Kier alpha value is -2.80. The lowest BCUT2D eigenvalue weighted by Gasteiger charge is -2.29. The van der Waals surface area contributed by atoms with E-state index in [0.717, 1.165) is 28.8 Å². The van der Waals surface area contributed by atoms with Gasteiger partial charge in [0.2, 0.25) is 5.95 Å². The van der Waals surface area contributed by atoms with Gasteiger partial charge in [0.25, 0.3) is 5.91 Å². The summed E-state index contributed by atoms with van der Waals surface area (Å²) in [7, 11) is 0. The van der Waals surface area contributed by atoms with Gasteiger partial charge in [-0.3, -0.25) is 15.1 Å². The van der Waals surface area contributed by atoms with Crippen LogP contribution in [0.1, 0.15) is 29.3 Å². The molecule has 1 aromatic heterocycles.